The molecule has 3 rings (SSSR count). The van der Waals surface area contributed by atoms with E-state index >= 15 is 0 Å². The lowest BCUT2D eigenvalue weighted by Gasteiger charge is -2.42. The molecule has 160 valence electrons. The molecule has 11 nitrogen and oxygen atoms in total. The third-order valence-electron chi connectivity index (χ3n) is 5.02. The van der Waals surface area contributed by atoms with Crippen LogP contribution in [0.4, 0.5) is 16.2 Å². The molecule has 0 aliphatic carbocycles. The topological polar surface area (TPSA) is 141 Å². The first-order valence-corrected chi connectivity index (χ1v) is 9.61. The smallest absolute Gasteiger partial charge is 0.410 e. The van der Waals surface area contributed by atoms with E-state index in [9.17, 15) is 24.8 Å². The van der Waals surface area contributed by atoms with Gasteiger partial charge in [-0.1, -0.05) is 0 Å². The number of aromatic amines is 1. The number of anilines is 1. The number of carbonyl (C=O) groups excluding carboxylic acids is 1. The van der Waals surface area contributed by atoms with Gasteiger partial charge in [0.15, 0.2) is 0 Å². The normalized spacial score (nSPS) is 19.7. The van der Waals surface area contributed by atoms with Crippen LogP contribution in [0.1, 0.15) is 32.0 Å². The van der Waals surface area contributed by atoms with Crippen molar-refractivity contribution in [3.63, 3.8) is 0 Å². The highest BCUT2D eigenvalue weighted by atomic mass is 16.6. The Morgan fingerprint density at radius 1 is 1.38 bits per heavy atom. The van der Waals surface area contributed by atoms with Crippen LogP contribution in [-0.2, 0) is 17.7 Å². The Morgan fingerprint density at radius 2 is 2.10 bits per heavy atom. The van der Waals surface area contributed by atoms with Gasteiger partial charge in [-0.2, -0.15) is 0 Å². The molecule has 1 atom stereocenters. The van der Waals surface area contributed by atoms with Crippen molar-refractivity contribution in [2.75, 3.05) is 37.7 Å². The summed E-state index contributed by atoms with van der Waals surface area (Å²) in [6.07, 6.45) is 0.0226. The van der Waals surface area contributed by atoms with Gasteiger partial charge in [-0.3, -0.25) is 14.9 Å². The Labute approximate surface area is 167 Å². The molecule has 3 N–H and O–H groups in total. The van der Waals surface area contributed by atoms with E-state index in [1.165, 1.54) is 4.90 Å². The number of piperazine rings is 1. The SMILES string of the molecule is CC(C)(C)OC(=O)N1CCN(c2c3c([nH]c(=O)c2[N+](=O)[O-])CNCC3)[C@@H](CO)C1. The maximum absolute atomic E-state index is 12.4. The molecule has 0 radical (unpaired) electrons. The molecule has 0 saturated carbocycles. The number of pyridine rings is 1. The predicted molar refractivity (Wildman–Crippen MR) is 105 cm³/mol. The minimum absolute atomic E-state index is 0.141. The summed E-state index contributed by atoms with van der Waals surface area (Å²) in [6, 6.07) is -0.587. The first-order chi connectivity index (χ1) is 13.6. The van der Waals surface area contributed by atoms with Gasteiger partial charge in [-0.05, 0) is 33.7 Å². The van der Waals surface area contributed by atoms with Gasteiger partial charge in [-0.25, -0.2) is 4.79 Å². The molecule has 0 aromatic carbocycles. The van der Waals surface area contributed by atoms with Crippen LogP contribution in [0.5, 0.6) is 0 Å². The number of nitrogens with one attached hydrogen (secondary N) is 2. The molecule has 3 heterocycles. The summed E-state index contributed by atoms with van der Waals surface area (Å²) in [7, 11) is 0. The summed E-state index contributed by atoms with van der Waals surface area (Å²) in [5.41, 5.74) is -0.362. The van der Waals surface area contributed by atoms with E-state index in [1.54, 1.807) is 25.7 Å². The molecule has 1 aromatic rings. The molecule has 1 saturated heterocycles. The van der Waals surface area contributed by atoms with E-state index in [2.05, 4.69) is 10.3 Å². The number of hydrogen-bond acceptors (Lipinski definition) is 8. The van der Waals surface area contributed by atoms with Crippen LogP contribution in [0.25, 0.3) is 0 Å². The summed E-state index contributed by atoms with van der Waals surface area (Å²) in [4.78, 5) is 41.6. The van der Waals surface area contributed by atoms with Crippen LogP contribution >= 0.6 is 0 Å². The molecule has 11 heteroatoms. The number of H-pyrrole nitrogens is 1. The number of aliphatic hydroxyl groups is 1. The predicted octanol–water partition coefficient (Wildman–Crippen LogP) is 0.347. The van der Waals surface area contributed by atoms with Gasteiger partial charge in [0, 0.05) is 37.4 Å². The molecule has 1 fully saturated rings. The van der Waals surface area contributed by atoms with Crippen molar-refractivity contribution < 1.29 is 19.6 Å². The number of carbonyl (C=O) groups is 1. The van der Waals surface area contributed by atoms with Gasteiger partial charge in [0.2, 0.25) is 0 Å². The van der Waals surface area contributed by atoms with E-state index < -0.39 is 33.9 Å². The minimum Gasteiger partial charge on any atom is -0.444 e. The standard InChI is InChI=1S/C18H27N5O6/c1-18(2,3)29-17(26)21-6-7-22(11(9-21)10-24)14-12-4-5-19-8-13(12)20-16(25)15(14)23(27)28/h11,19,24H,4-10H2,1-3H3,(H,20,25)/t11-/m1/s1. The minimum atomic E-state index is -0.765. The van der Waals surface area contributed by atoms with Crippen LogP contribution in [0.15, 0.2) is 4.79 Å². The van der Waals surface area contributed by atoms with Crippen molar-refractivity contribution in [3.8, 4) is 0 Å². The van der Waals surface area contributed by atoms with Gasteiger partial charge in [0.1, 0.15) is 11.3 Å². The van der Waals surface area contributed by atoms with Crippen LogP contribution in [-0.4, -0.2) is 70.4 Å². The summed E-state index contributed by atoms with van der Waals surface area (Å²) in [6.45, 7) is 6.68. The summed E-state index contributed by atoms with van der Waals surface area (Å²) < 4.78 is 5.40. The Bertz CT molecular complexity index is 862. The zero-order valence-electron chi connectivity index (χ0n) is 16.9. The second-order valence-electron chi connectivity index (χ2n) is 8.25. The highest BCUT2D eigenvalue weighted by molar-refractivity contribution is 5.72. The molecular weight excluding hydrogens is 382 g/mol. The van der Waals surface area contributed by atoms with Gasteiger partial charge in [0.25, 0.3) is 0 Å². The Morgan fingerprint density at radius 3 is 2.72 bits per heavy atom. The number of aromatic nitrogens is 1. The Kier molecular flexibility index (Phi) is 5.80. The van der Waals surface area contributed by atoms with Crippen LogP contribution in [0, 0.1) is 10.1 Å². The average Bonchev–Trinajstić information content (AvgIpc) is 2.64. The summed E-state index contributed by atoms with van der Waals surface area (Å²) >= 11 is 0. The zero-order chi connectivity index (χ0) is 21.3. The van der Waals surface area contributed by atoms with Gasteiger partial charge in [0.05, 0.1) is 17.6 Å². The number of rotatable bonds is 3. The lowest BCUT2D eigenvalue weighted by Crippen LogP contribution is -2.57. The lowest BCUT2D eigenvalue weighted by atomic mass is 10.00. The van der Waals surface area contributed by atoms with Gasteiger partial charge < -0.3 is 29.9 Å². The number of aliphatic hydroxyl groups excluding tert-OH is 1. The summed E-state index contributed by atoms with van der Waals surface area (Å²) in [5, 5.41) is 24.8. The van der Waals surface area contributed by atoms with Gasteiger partial charge >= 0.3 is 17.3 Å². The molecular formula is C18H27N5O6. The van der Waals surface area contributed by atoms with E-state index in [0.717, 1.165) is 0 Å². The third kappa shape index (κ3) is 4.35. The number of fused-ring (bicyclic) bond motifs is 1. The van der Waals surface area contributed by atoms with Crippen molar-refractivity contribution in [1.82, 2.24) is 15.2 Å². The highest BCUT2D eigenvalue weighted by Crippen LogP contribution is 2.34. The van der Waals surface area contributed by atoms with E-state index in [0.29, 0.717) is 30.8 Å². The van der Waals surface area contributed by atoms with Crippen LogP contribution in [0.2, 0.25) is 0 Å². The van der Waals surface area contributed by atoms with Crippen molar-refractivity contribution in [1.29, 1.82) is 0 Å². The van der Waals surface area contributed by atoms with Gasteiger partial charge in [-0.15, -0.1) is 0 Å². The molecule has 2 aliphatic heterocycles. The number of nitro groups is 1. The molecule has 0 spiro atoms. The second-order valence-corrected chi connectivity index (χ2v) is 8.25. The number of nitrogens with zero attached hydrogens (tertiary/aromatic N) is 3. The maximum atomic E-state index is 12.4. The van der Waals surface area contributed by atoms with E-state index in [4.69, 9.17) is 4.74 Å². The second kappa shape index (κ2) is 7.99. The Balaban J connectivity index is 1.97. The van der Waals surface area contributed by atoms with E-state index in [-0.39, 0.29) is 31.9 Å². The third-order valence-corrected chi connectivity index (χ3v) is 5.02. The molecule has 2 aliphatic rings. The molecule has 1 aromatic heterocycles. The lowest BCUT2D eigenvalue weighted by molar-refractivity contribution is -0.385. The summed E-state index contributed by atoms with van der Waals surface area (Å²) in [5.74, 6) is 0. The van der Waals surface area contributed by atoms with Crippen LogP contribution in [0.3, 0.4) is 0 Å². The fourth-order valence-corrected chi connectivity index (χ4v) is 3.79. The molecule has 0 bridgehead atoms. The number of hydrogen-bond donors (Lipinski definition) is 3. The quantitative estimate of drug-likeness (QED) is 0.480. The largest absolute Gasteiger partial charge is 0.444 e. The van der Waals surface area contributed by atoms with Crippen LogP contribution < -0.4 is 15.8 Å². The first-order valence-electron chi connectivity index (χ1n) is 9.61. The van der Waals surface area contributed by atoms with E-state index in [1.807, 2.05) is 0 Å². The van der Waals surface area contributed by atoms with Crippen molar-refractivity contribution >= 4 is 17.5 Å². The molecule has 29 heavy (non-hydrogen) atoms. The molecule has 0 unspecified atom stereocenters. The van der Waals surface area contributed by atoms with Crippen molar-refractivity contribution in [2.24, 2.45) is 0 Å². The zero-order valence-corrected chi connectivity index (χ0v) is 16.9. The first kappa shape index (κ1) is 21.1. The maximum Gasteiger partial charge on any atom is 0.410 e. The molecule has 1 amide bonds. The highest BCUT2D eigenvalue weighted by Gasteiger charge is 2.38. The van der Waals surface area contributed by atoms with Crippen molar-refractivity contribution in [3.05, 3.63) is 31.7 Å². The monoisotopic (exact) mass is 409 g/mol. The fraction of sp³-hybridized carbons (Fsp3) is 0.667. The number of ether oxygens (including phenoxy) is 1. The Hall–Kier alpha value is -2.66. The fourth-order valence-electron chi connectivity index (χ4n) is 3.79. The number of amides is 1. The van der Waals surface area contributed by atoms with Crippen molar-refractivity contribution in [2.45, 2.75) is 45.4 Å². The average molecular weight is 409 g/mol.